The summed E-state index contributed by atoms with van der Waals surface area (Å²) in [6, 6.07) is 8.92. The van der Waals surface area contributed by atoms with Crippen molar-refractivity contribution in [2.75, 3.05) is 6.54 Å². The standard InChI is InChI=1S/C14H15Br2NS/c1-3-17-14(11-4-9(2)18-8-11)10-5-12(15)7-13(16)6-10/h4-8,14,17H,3H2,1-2H3. The molecule has 0 saturated carbocycles. The van der Waals surface area contributed by atoms with Gasteiger partial charge >= 0.3 is 0 Å². The minimum Gasteiger partial charge on any atom is -0.307 e. The van der Waals surface area contributed by atoms with Gasteiger partial charge in [0.15, 0.2) is 0 Å². The van der Waals surface area contributed by atoms with Crippen molar-refractivity contribution in [3.05, 3.63) is 54.6 Å². The molecule has 0 aliphatic heterocycles. The Hall–Kier alpha value is -0.160. The molecule has 1 aromatic carbocycles. The molecule has 0 fully saturated rings. The van der Waals surface area contributed by atoms with Crippen LogP contribution in [0.1, 0.15) is 29.0 Å². The molecule has 2 rings (SSSR count). The SMILES string of the molecule is CCNC(c1cc(Br)cc(Br)c1)c1csc(C)c1. The zero-order chi connectivity index (χ0) is 13.1. The highest BCUT2D eigenvalue weighted by Crippen LogP contribution is 2.30. The Labute approximate surface area is 129 Å². The zero-order valence-electron chi connectivity index (χ0n) is 10.3. The minimum atomic E-state index is 0.258. The van der Waals surface area contributed by atoms with Gasteiger partial charge in [0.25, 0.3) is 0 Å². The van der Waals surface area contributed by atoms with E-state index < -0.39 is 0 Å². The Morgan fingerprint density at radius 3 is 2.28 bits per heavy atom. The van der Waals surface area contributed by atoms with Crippen molar-refractivity contribution in [2.24, 2.45) is 0 Å². The highest BCUT2D eigenvalue weighted by Gasteiger charge is 2.15. The highest BCUT2D eigenvalue weighted by molar-refractivity contribution is 9.11. The van der Waals surface area contributed by atoms with Crippen molar-refractivity contribution in [2.45, 2.75) is 19.9 Å². The number of benzene rings is 1. The Morgan fingerprint density at radius 2 is 1.78 bits per heavy atom. The average molecular weight is 389 g/mol. The number of nitrogens with one attached hydrogen (secondary N) is 1. The smallest absolute Gasteiger partial charge is 0.0585 e. The Balaban J connectivity index is 2.40. The van der Waals surface area contributed by atoms with E-state index in [4.69, 9.17) is 0 Å². The number of rotatable bonds is 4. The van der Waals surface area contributed by atoms with Crippen LogP contribution >= 0.6 is 43.2 Å². The quantitative estimate of drug-likeness (QED) is 0.751. The maximum absolute atomic E-state index is 3.55. The molecule has 0 amide bonds. The molecule has 1 aromatic heterocycles. The van der Waals surface area contributed by atoms with E-state index in [1.54, 1.807) is 11.3 Å². The molecule has 0 bridgehead atoms. The van der Waals surface area contributed by atoms with Crippen molar-refractivity contribution in [1.29, 1.82) is 0 Å². The Bertz CT molecular complexity index is 516. The van der Waals surface area contributed by atoms with Crippen molar-refractivity contribution in [3.8, 4) is 0 Å². The van der Waals surface area contributed by atoms with Gasteiger partial charge in [-0.25, -0.2) is 0 Å². The van der Waals surface area contributed by atoms with E-state index in [9.17, 15) is 0 Å². The molecule has 1 nitrogen and oxygen atoms in total. The molecule has 2 aromatic rings. The van der Waals surface area contributed by atoms with Crippen LogP contribution in [0.15, 0.2) is 38.6 Å². The fourth-order valence-electron chi connectivity index (χ4n) is 1.99. The van der Waals surface area contributed by atoms with Crippen molar-refractivity contribution >= 4 is 43.2 Å². The first-order valence-electron chi connectivity index (χ1n) is 5.84. The molecule has 18 heavy (non-hydrogen) atoms. The third-order valence-electron chi connectivity index (χ3n) is 2.71. The molecule has 0 spiro atoms. The van der Waals surface area contributed by atoms with E-state index in [0.29, 0.717) is 0 Å². The van der Waals surface area contributed by atoms with Crippen LogP contribution < -0.4 is 5.32 Å². The Kier molecular flexibility index (Phi) is 5.01. The van der Waals surface area contributed by atoms with Crippen LogP contribution in [0.2, 0.25) is 0 Å². The van der Waals surface area contributed by atoms with E-state index in [0.717, 1.165) is 15.5 Å². The molecule has 4 heteroatoms. The first-order chi connectivity index (χ1) is 8.60. The van der Waals surface area contributed by atoms with Crippen LogP contribution in [0, 0.1) is 6.92 Å². The van der Waals surface area contributed by atoms with Gasteiger partial charge in [-0.3, -0.25) is 0 Å². The molecule has 1 unspecified atom stereocenters. The van der Waals surface area contributed by atoms with Crippen molar-refractivity contribution in [1.82, 2.24) is 5.32 Å². The van der Waals surface area contributed by atoms with Crippen LogP contribution in [-0.2, 0) is 0 Å². The zero-order valence-corrected chi connectivity index (χ0v) is 14.3. The lowest BCUT2D eigenvalue weighted by Crippen LogP contribution is -2.21. The molecule has 0 saturated heterocycles. The molecular weight excluding hydrogens is 374 g/mol. The van der Waals surface area contributed by atoms with Crippen LogP contribution in [0.3, 0.4) is 0 Å². The van der Waals surface area contributed by atoms with E-state index in [1.807, 2.05) is 0 Å². The predicted octanol–water partition coefficient (Wildman–Crippen LogP) is 5.28. The first-order valence-corrected chi connectivity index (χ1v) is 8.31. The summed E-state index contributed by atoms with van der Waals surface area (Å²) in [5, 5.41) is 5.78. The van der Waals surface area contributed by atoms with Gasteiger partial charge in [0, 0.05) is 13.8 Å². The molecule has 96 valence electrons. The Morgan fingerprint density at radius 1 is 1.11 bits per heavy atom. The second-order valence-corrected chi connectivity index (χ2v) is 7.13. The molecule has 1 N–H and O–H groups in total. The van der Waals surface area contributed by atoms with Gasteiger partial charge in [0.1, 0.15) is 0 Å². The van der Waals surface area contributed by atoms with E-state index in [2.05, 4.69) is 80.7 Å². The molecule has 1 heterocycles. The van der Waals surface area contributed by atoms with Crippen molar-refractivity contribution in [3.63, 3.8) is 0 Å². The predicted molar refractivity (Wildman–Crippen MR) is 86.4 cm³/mol. The lowest BCUT2D eigenvalue weighted by molar-refractivity contribution is 0.632. The van der Waals surface area contributed by atoms with E-state index in [1.165, 1.54) is 16.0 Å². The van der Waals surface area contributed by atoms with Crippen LogP contribution in [0.5, 0.6) is 0 Å². The number of thiophene rings is 1. The van der Waals surface area contributed by atoms with Gasteiger partial charge in [0.05, 0.1) is 6.04 Å². The number of hydrogen-bond acceptors (Lipinski definition) is 2. The van der Waals surface area contributed by atoms with Gasteiger partial charge in [-0.15, -0.1) is 11.3 Å². The van der Waals surface area contributed by atoms with Crippen LogP contribution in [0.25, 0.3) is 0 Å². The fourth-order valence-corrected chi connectivity index (χ4v) is 4.05. The van der Waals surface area contributed by atoms with Gasteiger partial charge in [-0.05, 0) is 54.2 Å². The second-order valence-electron chi connectivity index (χ2n) is 4.18. The lowest BCUT2D eigenvalue weighted by atomic mass is 10.0. The third kappa shape index (κ3) is 3.44. The van der Waals surface area contributed by atoms with E-state index >= 15 is 0 Å². The normalized spacial score (nSPS) is 12.7. The van der Waals surface area contributed by atoms with Gasteiger partial charge in [-0.2, -0.15) is 0 Å². The van der Waals surface area contributed by atoms with Crippen LogP contribution in [0.4, 0.5) is 0 Å². The average Bonchev–Trinajstić information content (AvgIpc) is 2.71. The molecule has 1 atom stereocenters. The summed E-state index contributed by atoms with van der Waals surface area (Å²) in [6.07, 6.45) is 0. The summed E-state index contributed by atoms with van der Waals surface area (Å²) >= 11 is 8.91. The molecular formula is C14H15Br2NS. The summed E-state index contributed by atoms with van der Waals surface area (Å²) in [5.41, 5.74) is 2.61. The van der Waals surface area contributed by atoms with Crippen molar-refractivity contribution < 1.29 is 0 Å². The third-order valence-corrected chi connectivity index (χ3v) is 4.51. The maximum Gasteiger partial charge on any atom is 0.0585 e. The summed E-state index contributed by atoms with van der Waals surface area (Å²) in [5.74, 6) is 0. The number of hydrogen-bond donors (Lipinski definition) is 1. The van der Waals surface area contributed by atoms with E-state index in [-0.39, 0.29) is 6.04 Å². The minimum absolute atomic E-state index is 0.258. The lowest BCUT2D eigenvalue weighted by Gasteiger charge is -2.18. The first kappa shape index (κ1) is 14.3. The summed E-state index contributed by atoms with van der Waals surface area (Å²) in [4.78, 5) is 1.35. The van der Waals surface area contributed by atoms with Gasteiger partial charge < -0.3 is 5.32 Å². The van der Waals surface area contributed by atoms with Gasteiger partial charge in [0.2, 0.25) is 0 Å². The molecule has 0 radical (unpaired) electrons. The number of halogens is 2. The second kappa shape index (κ2) is 6.33. The van der Waals surface area contributed by atoms with Gasteiger partial charge in [-0.1, -0.05) is 38.8 Å². The molecule has 0 aliphatic rings. The van der Waals surface area contributed by atoms with Crippen LogP contribution in [-0.4, -0.2) is 6.54 Å². The summed E-state index contributed by atoms with van der Waals surface area (Å²) in [6.45, 7) is 5.23. The summed E-state index contributed by atoms with van der Waals surface area (Å²) in [7, 11) is 0. The fraction of sp³-hybridized carbons (Fsp3) is 0.286. The molecule has 0 aliphatic carbocycles. The monoisotopic (exact) mass is 387 g/mol. The summed E-state index contributed by atoms with van der Waals surface area (Å²) < 4.78 is 2.20. The topological polar surface area (TPSA) is 12.0 Å². The largest absolute Gasteiger partial charge is 0.307 e. The maximum atomic E-state index is 3.55. The highest BCUT2D eigenvalue weighted by atomic mass is 79.9. The number of aryl methyl sites for hydroxylation is 1.